The molecule has 3 aromatic carbocycles. The summed E-state index contributed by atoms with van der Waals surface area (Å²) in [6.07, 6.45) is 0.901. The Hall–Kier alpha value is -4.46. The van der Waals surface area contributed by atoms with Crippen LogP contribution < -0.4 is 10.6 Å². The van der Waals surface area contributed by atoms with Crippen molar-refractivity contribution in [3.8, 4) is 22.8 Å². The first kappa shape index (κ1) is 26.6. The highest BCUT2D eigenvalue weighted by Gasteiger charge is 2.17. The number of esters is 1. The minimum Gasteiger partial charge on any atom is -0.464 e. The Morgan fingerprint density at radius 3 is 2.32 bits per heavy atom. The normalized spacial score (nSPS) is 12.4. The second-order valence-corrected chi connectivity index (χ2v) is 9.20. The van der Waals surface area contributed by atoms with Crippen molar-refractivity contribution in [2.24, 2.45) is 5.92 Å². The molecule has 4 aromatic rings. The van der Waals surface area contributed by atoms with Gasteiger partial charge < -0.3 is 19.9 Å². The van der Waals surface area contributed by atoms with Crippen LogP contribution in [0.4, 0.5) is 5.69 Å². The molecule has 0 radical (unpaired) electrons. The molecule has 2 atom stereocenters. The number of aromatic nitrogens is 2. The molecule has 0 aliphatic rings. The molecular weight excluding hydrogens is 480 g/mol. The zero-order valence-corrected chi connectivity index (χ0v) is 21.8. The average molecular weight is 513 g/mol. The third-order valence-corrected chi connectivity index (χ3v) is 6.03. The highest BCUT2D eigenvalue weighted by molar-refractivity contribution is 5.96. The minimum atomic E-state index is -0.700. The molecule has 196 valence electrons. The monoisotopic (exact) mass is 512 g/mol. The van der Waals surface area contributed by atoms with Crippen molar-refractivity contribution in [3.63, 3.8) is 0 Å². The second-order valence-electron chi connectivity index (χ2n) is 9.20. The van der Waals surface area contributed by atoms with Crippen molar-refractivity contribution >= 4 is 17.6 Å². The van der Waals surface area contributed by atoms with Crippen LogP contribution in [0.15, 0.2) is 83.4 Å². The number of carbonyl (C=O) groups excluding carboxylic acids is 2. The molecule has 0 spiro atoms. The number of rotatable bonds is 11. The Labute approximate surface area is 222 Å². The highest BCUT2D eigenvalue weighted by Crippen LogP contribution is 2.23. The lowest BCUT2D eigenvalue weighted by Gasteiger charge is -2.15. The molecule has 8 heteroatoms. The minimum absolute atomic E-state index is 0.277. The van der Waals surface area contributed by atoms with Gasteiger partial charge in [0.05, 0.1) is 6.61 Å². The van der Waals surface area contributed by atoms with Crippen LogP contribution in [0.25, 0.3) is 22.8 Å². The van der Waals surface area contributed by atoms with E-state index in [1.165, 1.54) is 5.56 Å². The number of anilines is 1. The molecule has 1 aromatic heterocycles. The Morgan fingerprint density at radius 1 is 0.921 bits per heavy atom. The maximum absolute atomic E-state index is 12.4. The van der Waals surface area contributed by atoms with Crippen molar-refractivity contribution in [2.45, 2.75) is 33.2 Å². The van der Waals surface area contributed by atoms with Gasteiger partial charge in [0.15, 0.2) is 0 Å². The standard InChI is InChI=1S/C30H32N4O4/c1-4-37-30(36)21(3)32-28(35)24-14-16-26(17-15-24)31-19-20(2)18-22-10-12-25(13-11-22)29-33-27(34-38-29)23-8-6-5-7-9-23/h5-17,20-21,31H,4,18-19H2,1-3H3,(H,32,35)/t20?,21-/m0/s1. The Bertz CT molecular complexity index is 1330. The largest absolute Gasteiger partial charge is 0.464 e. The molecule has 0 saturated carbocycles. The van der Waals surface area contributed by atoms with E-state index in [9.17, 15) is 9.59 Å². The number of ether oxygens (including phenoxy) is 1. The van der Waals surface area contributed by atoms with Gasteiger partial charge in [0.25, 0.3) is 11.8 Å². The van der Waals surface area contributed by atoms with E-state index in [1.807, 2.05) is 54.6 Å². The van der Waals surface area contributed by atoms with Crippen LogP contribution in [-0.4, -0.2) is 41.2 Å². The van der Waals surface area contributed by atoms with E-state index in [2.05, 4.69) is 39.8 Å². The first-order valence-electron chi connectivity index (χ1n) is 12.7. The first-order chi connectivity index (χ1) is 18.4. The van der Waals surface area contributed by atoms with Gasteiger partial charge in [-0.25, -0.2) is 4.79 Å². The number of carbonyl (C=O) groups is 2. The molecule has 0 aliphatic carbocycles. The number of hydrogen-bond acceptors (Lipinski definition) is 7. The molecule has 0 aliphatic heterocycles. The molecule has 38 heavy (non-hydrogen) atoms. The second kappa shape index (κ2) is 12.7. The summed E-state index contributed by atoms with van der Waals surface area (Å²) in [7, 11) is 0. The number of nitrogens with one attached hydrogen (secondary N) is 2. The van der Waals surface area contributed by atoms with Gasteiger partial charge in [-0.15, -0.1) is 0 Å². The van der Waals surface area contributed by atoms with Crippen LogP contribution in [0, 0.1) is 5.92 Å². The summed E-state index contributed by atoms with van der Waals surface area (Å²) in [4.78, 5) is 28.6. The molecule has 1 heterocycles. The van der Waals surface area contributed by atoms with Crippen molar-refractivity contribution in [1.29, 1.82) is 0 Å². The highest BCUT2D eigenvalue weighted by atomic mass is 16.5. The lowest BCUT2D eigenvalue weighted by Crippen LogP contribution is -2.39. The summed E-state index contributed by atoms with van der Waals surface area (Å²) in [6.45, 7) is 6.57. The molecule has 1 unspecified atom stereocenters. The Kier molecular flexibility index (Phi) is 8.87. The Morgan fingerprint density at radius 2 is 1.63 bits per heavy atom. The van der Waals surface area contributed by atoms with Crippen LogP contribution in [0.3, 0.4) is 0 Å². The van der Waals surface area contributed by atoms with Gasteiger partial charge in [0.1, 0.15) is 6.04 Å². The third kappa shape index (κ3) is 7.06. The number of nitrogens with zero attached hydrogens (tertiary/aromatic N) is 2. The van der Waals surface area contributed by atoms with E-state index in [1.54, 1.807) is 26.0 Å². The van der Waals surface area contributed by atoms with E-state index in [4.69, 9.17) is 9.26 Å². The number of amides is 1. The van der Waals surface area contributed by atoms with Crippen molar-refractivity contribution < 1.29 is 18.8 Å². The van der Waals surface area contributed by atoms with Gasteiger partial charge in [0.2, 0.25) is 5.82 Å². The molecule has 0 fully saturated rings. The smallest absolute Gasteiger partial charge is 0.328 e. The van der Waals surface area contributed by atoms with E-state index in [-0.39, 0.29) is 12.5 Å². The van der Waals surface area contributed by atoms with Crippen molar-refractivity contribution in [3.05, 3.63) is 90.0 Å². The summed E-state index contributed by atoms with van der Waals surface area (Å²) in [5, 5.41) is 10.2. The summed E-state index contributed by atoms with van der Waals surface area (Å²) in [6, 6.07) is 24.4. The van der Waals surface area contributed by atoms with Crippen LogP contribution in [-0.2, 0) is 16.0 Å². The predicted octanol–water partition coefficient (Wildman–Crippen LogP) is 5.38. The molecule has 4 rings (SSSR count). The summed E-state index contributed by atoms with van der Waals surface area (Å²) in [5.41, 5.74) is 4.43. The zero-order valence-electron chi connectivity index (χ0n) is 21.8. The van der Waals surface area contributed by atoms with E-state index in [0.29, 0.717) is 23.2 Å². The van der Waals surface area contributed by atoms with E-state index < -0.39 is 12.0 Å². The van der Waals surface area contributed by atoms with Gasteiger partial charge in [-0.1, -0.05) is 54.5 Å². The summed E-state index contributed by atoms with van der Waals surface area (Å²) in [5.74, 6) is 0.685. The zero-order chi connectivity index (χ0) is 26.9. The molecule has 8 nitrogen and oxygen atoms in total. The predicted molar refractivity (Wildman–Crippen MR) is 147 cm³/mol. The van der Waals surface area contributed by atoms with Gasteiger partial charge in [-0.05, 0) is 68.1 Å². The maximum atomic E-state index is 12.4. The van der Waals surface area contributed by atoms with Crippen LogP contribution in [0.5, 0.6) is 0 Å². The Balaban J connectivity index is 1.25. The number of benzene rings is 3. The summed E-state index contributed by atoms with van der Waals surface area (Å²) >= 11 is 0. The SMILES string of the molecule is CCOC(=O)[C@H](C)NC(=O)c1ccc(NCC(C)Cc2ccc(-c3nc(-c4ccccc4)no3)cc2)cc1. The summed E-state index contributed by atoms with van der Waals surface area (Å²) < 4.78 is 10.4. The molecule has 1 amide bonds. The van der Waals surface area contributed by atoms with Crippen LogP contribution >= 0.6 is 0 Å². The topological polar surface area (TPSA) is 106 Å². The van der Waals surface area contributed by atoms with Gasteiger partial charge >= 0.3 is 5.97 Å². The van der Waals surface area contributed by atoms with Crippen molar-refractivity contribution in [2.75, 3.05) is 18.5 Å². The van der Waals surface area contributed by atoms with Gasteiger partial charge in [-0.2, -0.15) is 4.98 Å². The molecule has 0 saturated heterocycles. The fraction of sp³-hybridized carbons (Fsp3) is 0.267. The third-order valence-electron chi connectivity index (χ3n) is 6.03. The average Bonchev–Trinajstić information content (AvgIpc) is 3.44. The quantitative estimate of drug-likeness (QED) is 0.260. The molecule has 2 N–H and O–H groups in total. The van der Waals surface area contributed by atoms with Crippen molar-refractivity contribution in [1.82, 2.24) is 15.5 Å². The van der Waals surface area contributed by atoms with E-state index in [0.717, 1.165) is 29.8 Å². The van der Waals surface area contributed by atoms with Crippen LogP contribution in [0.1, 0.15) is 36.7 Å². The van der Waals surface area contributed by atoms with Gasteiger partial charge in [0, 0.05) is 28.9 Å². The first-order valence-corrected chi connectivity index (χ1v) is 12.7. The van der Waals surface area contributed by atoms with E-state index >= 15 is 0 Å². The molecular formula is C30H32N4O4. The van der Waals surface area contributed by atoms with Gasteiger partial charge in [-0.3, -0.25) is 4.79 Å². The van der Waals surface area contributed by atoms with Crippen LogP contribution in [0.2, 0.25) is 0 Å². The fourth-order valence-electron chi connectivity index (χ4n) is 3.94. The number of hydrogen-bond donors (Lipinski definition) is 2. The molecule has 0 bridgehead atoms. The lowest BCUT2D eigenvalue weighted by molar-refractivity contribution is -0.144. The maximum Gasteiger partial charge on any atom is 0.328 e. The lowest BCUT2D eigenvalue weighted by atomic mass is 10.00. The fourth-order valence-corrected chi connectivity index (χ4v) is 3.94.